The first kappa shape index (κ1) is 12.7. The van der Waals surface area contributed by atoms with Crippen LogP contribution < -0.4 is 5.73 Å². The summed E-state index contributed by atoms with van der Waals surface area (Å²) >= 11 is 0. The molecular formula is C10H12N6O4. The average molecular weight is 280 g/mol. The SMILES string of the molecule is Nc1ncnc2c1ncn2[C@@H]1O[C@H](C=NO)[C@@H](O)[C@@H]1O. The summed E-state index contributed by atoms with van der Waals surface area (Å²) in [5.74, 6) is 0.204. The van der Waals surface area contributed by atoms with Crippen LogP contribution in [0.1, 0.15) is 6.23 Å². The number of nitrogens with zero attached hydrogens (tertiary/aromatic N) is 5. The molecule has 3 heterocycles. The molecule has 106 valence electrons. The monoisotopic (exact) mass is 280 g/mol. The van der Waals surface area contributed by atoms with Gasteiger partial charge in [-0.2, -0.15) is 0 Å². The van der Waals surface area contributed by atoms with Gasteiger partial charge in [0.25, 0.3) is 0 Å². The Morgan fingerprint density at radius 2 is 2.10 bits per heavy atom. The standard InChI is InChI=1S/C10H12N6O4/c11-8-5-9(13-2-12-8)16(3-14-5)10-7(18)6(17)4(20-10)1-15-19/h1-4,6-7,10,17-19H,(H2,11,12,13)/t4-,6-,7+,10-/m1/s1. The lowest BCUT2D eigenvalue weighted by Crippen LogP contribution is -2.32. The van der Waals surface area contributed by atoms with E-state index in [2.05, 4.69) is 20.1 Å². The third-order valence-electron chi connectivity index (χ3n) is 3.15. The molecule has 10 nitrogen and oxygen atoms in total. The highest BCUT2D eigenvalue weighted by atomic mass is 16.6. The second-order valence-electron chi connectivity index (χ2n) is 4.32. The van der Waals surface area contributed by atoms with Crippen LogP contribution in [0.4, 0.5) is 5.82 Å². The van der Waals surface area contributed by atoms with Crippen molar-refractivity contribution in [3.63, 3.8) is 0 Å². The van der Waals surface area contributed by atoms with Crippen LogP contribution in [-0.4, -0.2) is 59.5 Å². The molecule has 20 heavy (non-hydrogen) atoms. The van der Waals surface area contributed by atoms with Crippen molar-refractivity contribution in [2.24, 2.45) is 5.16 Å². The van der Waals surface area contributed by atoms with E-state index in [-0.39, 0.29) is 5.82 Å². The number of aliphatic hydroxyl groups is 2. The summed E-state index contributed by atoms with van der Waals surface area (Å²) in [6, 6.07) is 0. The third kappa shape index (κ3) is 1.78. The van der Waals surface area contributed by atoms with E-state index in [0.29, 0.717) is 11.2 Å². The zero-order valence-corrected chi connectivity index (χ0v) is 10.1. The molecule has 0 radical (unpaired) electrons. The van der Waals surface area contributed by atoms with Crippen LogP contribution in [0.25, 0.3) is 11.2 Å². The van der Waals surface area contributed by atoms with Gasteiger partial charge < -0.3 is 25.9 Å². The fourth-order valence-electron chi connectivity index (χ4n) is 2.16. The maximum Gasteiger partial charge on any atom is 0.167 e. The predicted molar refractivity (Wildman–Crippen MR) is 65.9 cm³/mol. The molecule has 1 saturated heterocycles. The first-order valence-electron chi connectivity index (χ1n) is 5.75. The first-order chi connectivity index (χ1) is 9.63. The molecule has 3 rings (SSSR count). The minimum Gasteiger partial charge on any atom is -0.411 e. The molecule has 2 aromatic heterocycles. The summed E-state index contributed by atoms with van der Waals surface area (Å²) in [5.41, 5.74) is 6.41. The van der Waals surface area contributed by atoms with Gasteiger partial charge in [0.1, 0.15) is 30.2 Å². The van der Waals surface area contributed by atoms with Crippen LogP contribution in [0.5, 0.6) is 0 Å². The number of nitrogens with two attached hydrogens (primary N) is 1. The van der Waals surface area contributed by atoms with Crippen LogP contribution in [0.3, 0.4) is 0 Å². The van der Waals surface area contributed by atoms with Crippen molar-refractivity contribution in [2.75, 3.05) is 5.73 Å². The highest BCUT2D eigenvalue weighted by molar-refractivity contribution is 5.81. The Morgan fingerprint density at radius 3 is 2.85 bits per heavy atom. The minimum absolute atomic E-state index is 0.204. The molecule has 2 aromatic rings. The molecule has 0 aromatic carbocycles. The Balaban J connectivity index is 2.02. The summed E-state index contributed by atoms with van der Waals surface area (Å²) in [5, 5.41) is 31.1. The van der Waals surface area contributed by atoms with E-state index in [4.69, 9.17) is 15.7 Å². The highest BCUT2D eigenvalue weighted by Gasteiger charge is 2.43. The van der Waals surface area contributed by atoms with Gasteiger partial charge >= 0.3 is 0 Å². The number of ether oxygens (including phenoxy) is 1. The number of anilines is 1. The van der Waals surface area contributed by atoms with E-state index in [1.807, 2.05) is 0 Å². The molecule has 4 atom stereocenters. The van der Waals surface area contributed by atoms with Crippen molar-refractivity contribution in [1.82, 2.24) is 19.5 Å². The van der Waals surface area contributed by atoms with Crippen LogP contribution in [0.15, 0.2) is 17.8 Å². The molecule has 0 bridgehead atoms. The Bertz CT molecular complexity index is 658. The maximum absolute atomic E-state index is 10.0. The quantitative estimate of drug-likeness (QED) is 0.294. The second kappa shape index (κ2) is 4.67. The molecule has 0 saturated carbocycles. The summed E-state index contributed by atoms with van der Waals surface area (Å²) in [6.07, 6.45) is -0.672. The Morgan fingerprint density at radius 1 is 1.30 bits per heavy atom. The van der Waals surface area contributed by atoms with Gasteiger partial charge in [-0.25, -0.2) is 15.0 Å². The molecule has 0 spiro atoms. The molecule has 1 fully saturated rings. The lowest BCUT2D eigenvalue weighted by molar-refractivity contribution is -0.0214. The average Bonchev–Trinajstić information content (AvgIpc) is 2.97. The Labute approximate surface area is 112 Å². The van der Waals surface area contributed by atoms with Gasteiger partial charge in [-0.1, -0.05) is 5.16 Å². The molecule has 10 heteroatoms. The van der Waals surface area contributed by atoms with E-state index in [1.165, 1.54) is 17.2 Å². The zero-order chi connectivity index (χ0) is 14.3. The maximum atomic E-state index is 10.0. The number of oxime groups is 1. The van der Waals surface area contributed by atoms with Gasteiger partial charge in [0.05, 0.1) is 12.5 Å². The van der Waals surface area contributed by atoms with Gasteiger partial charge in [-0.3, -0.25) is 4.57 Å². The van der Waals surface area contributed by atoms with Gasteiger partial charge in [-0.05, 0) is 0 Å². The van der Waals surface area contributed by atoms with Crippen molar-refractivity contribution in [3.8, 4) is 0 Å². The normalized spacial score (nSPS) is 30.5. The topological polar surface area (TPSA) is 152 Å². The minimum atomic E-state index is -1.23. The molecular weight excluding hydrogens is 268 g/mol. The van der Waals surface area contributed by atoms with Crippen molar-refractivity contribution < 1.29 is 20.2 Å². The number of hydrogen-bond acceptors (Lipinski definition) is 9. The zero-order valence-electron chi connectivity index (χ0n) is 10.1. The van der Waals surface area contributed by atoms with Gasteiger partial charge in [-0.15, -0.1) is 0 Å². The summed E-state index contributed by atoms with van der Waals surface area (Å²) < 4.78 is 6.87. The van der Waals surface area contributed by atoms with Gasteiger partial charge in [0, 0.05) is 0 Å². The van der Waals surface area contributed by atoms with Crippen molar-refractivity contribution in [2.45, 2.75) is 24.5 Å². The van der Waals surface area contributed by atoms with Crippen LogP contribution in [-0.2, 0) is 4.74 Å². The number of nitrogen functional groups attached to an aromatic ring is 1. The first-order valence-corrected chi connectivity index (χ1v) is 5.75. The third-order valence-corrected chi connectivity index (χ3v) is 3.15. The largest absolute Gasteiger partial charge is 0.411 e. The number of imidazole rings is 1. The Hall–Kier alpha value is -2.30. The van der Waals surface area contributed by atoms with Crippen LogP contribution in [0.2, 0.25) is 0 Å². The number of aliphatic hydroxyl groups excluding tert-OH is 2. The number of fused-ring (bicyclic) bond motifs is 1. The lowest BCUT2D eigenvalue weighted by atomic mass is 10.1. The van der Waals surface area contributed by atoms with Gasteiger partial charge in [0.2, 0.25) is 0 Å². The summed E-state index contributed by atoms with van der Waals surface area (Å²) in [7, 11) is 0. The lowest BCUT2D eigenvalue weighted by Gasteiger charge is -2.16. The predicted octanol–water partition coefficient (Wildman–Crippen LogP) is -1.51. The van der Waals surface area contributed by atoms with E-state index in [0.717, 1.165) is 6.21 Å². The van der Waals surface area contributed by atoms with Crippen molar-refractivity contribution in [1.29, 1.82) is 0 Å². The molecule has 0 unspecified atom stereocenters. The molecule has 1 aliphatic heterocycles. The number of rotatable bonds is 2. The van der Waals surface area contributed by atoms with Crippen LogP contribution >= 0.6 is 0 Å². The van der Waals surface area contributed by atoms with Gasteiger partial charge in [0.15, 0.2) is 17.7 Å². The summed E-state index contributed by atoms with van der Waals surface area (Å²) in [4.78, 5) is 11.9. The van der Waals surface area contributed by atoms with E-state index >= 15 is 0 Å². The van der Waals surface area contributed by atoms with E-state index in [1.54, 1.807) is 0 Å². The van der Waals surface area contributed by atoms with Crippen LogP contribution in [0, 0.1) is 0 Å². The second-order valence-corrected chi connectivity index (χ2v) is 4.32. The smallest absolute Gasteiger partial charge is 0.167 e. The fourth-order valence-corrected chi connectivity index (χ4v) is 2.16. The summed E-state index contributed by atoms with van der Waals surface area (Å²) in [6.45, 7) is 0. The molecule has 0 amide bonds. The number of hydrogen-bond donors (Lipinski definition) is 4. The highest BCUT2D eigenvalue weighted by Crippen LogP contribution is 2.31. The fraction of sp³-hybridized carbons (Fsp3) is 0.400. The molecule has 1 aliphatic rings. The molecule has 5 N–H and O–H groups in total. The van der Waals surface area contributed by atoms with E-state index in [9.17, 15) is 10.2 Å². The number of aromatic nitrogens is 4. The molecule has 0 aliphatic carbocycles. The van der Waals surface area contributed by atoms with Crippen molar-refractivity contribution >= 4 is 23.2 Å². The Kier molecular flexibility index (Phi) is 2.97. The van der Waals surface area contributed by atoms with Crippen molar-refractivity contribution in [3.05, 3.63) is 12.7 Å². The van der Waals surface area contributed by atoms with E-state index < -0.39 is 24.5 Å².